The maximum atomic E-state index is 14.2. The number of nitrogens with zero attached hydrogens (tertiary/aromatic N) is 1. The number of carbonyl (C=O) groups is 2. The van der Waals surface area contributed by atoms with Crippen molar-refractivity contribution in [2.24, 2.45) is 4.40 Å². The number of esters is 1. The molecule has 15 heteroatoms. The maximum absolute atomic E-state index is 14.2. The number of benzene rings is 2. The van der Waals surface area contributed by atoms with Crippen molar-refractivity contribution < 1.29 is 50.2 Å². The van der Waals surface area contributed by atoms with Crippen LogP contribution in [0.15, 0.2) is 68.2 Å². The second kappa shape index (κ2) is 13.9. The van der Waals surface area contributed by atoms with Crippen LogP contribution in [0.1, 0.15) is 59.9 Å². The number of hydrogen-bond acceptors (Lipinski definition) is 9. The molecule has 3 aromatic rings. The molecule has 1 amide bonds. The Labute approximate surface area is 269 Å². The number of alkyl carbamates (subject to hydrolysis) is 1. The van der Waals surface area contributed by atoms with Gasteiger partial charge in [0.25, 0.3) is 10.0 Å². The van der Waals surface area contributed by atoms with E-state index in [9.17, 15) is 41.1 Å². The lowest BCUT2D eigenvalue weighted by Gasteiger charge is -2.31. The van der Waals surface area contributed by atoms with Gasteiger partial charge < -0.3 is 24.3 Å². The van der Waals surface area contributed by atoms with Gasteiger partial charge in [0.1, 0.15) is 22.8 Å². The fourth-order valence-corrected chi connectivity index (χ4v) is 5.23. The largest absolute Gasteiger partial charge is 0.458 e. The predicted molar refractivity (Wildman–Crippen MR) is 168 cm³/mol. The van der Waals surface area contributed by atoms with Crippen LogP contribution in [0, 0.1) is 0 Å². The van der Waals surface area contributed by atoms with E-state index in [1.807, 2.05) is 0 Å². The molecular weight excluding hydrogens is 645 g/mol. The Balaban J connectivity index is 1.77. The van der Waals surface area contributed by atoms with E-state index in [-0.39, 0.29) is 5.58 Å². The third kappa shape index (κ3) is 10.6. The highest BCUT2D eigenvalue weighted by molar-refractivity contribution is 7.90. The highest BCUT2D eigenvalue weighted by atomic mass is 32.2. The average Bonchev–Trinajstić information content (AvgIpc) is 2.92. The summed E-state index contributed by atoms with van der Waals surface area (Å²) in [7, 11) is -4.59. The quantitative estimate of drug-likeness (QED) is 0.157. The normalized spacial score (nSPS) is 14.9. The molecule has 11 nitrogen and oxygen atoms in total. The van der Waals surface area contributed by atoms with Gasteiger partial charge in [-0.15, -0.1) is 0 Å². The van der Waals surface area contributed by atoms with Crippen LogP contribution in [0.25, 0.3) is 22.1 Å². The van der Waals surface area contributed by atoms with Gasteiger partial charge in [0.2, 0.25) is 0 Å². The van der Waals surface area contributed by atoms with Crippen LogP contribution in [0.5, 0.6) is 0 Å². The van der Waals surface area contributed by atoms with Crippen molar-refractivity contribution in [3.05, 3.63) is 70.6 Å². The smallest absolute Gasteiger partial charge is 0.421 e. The Morgan fingerprint density at radius 2 is 1.51 bits per heavy atom. The summed E-state index contributed by atoms with van der Waals surface area (Å²) in [5.41, 5.74) is -5.35. The Kier molecular flexibility index (Phi) is 11.0. The minimum Gasteiger partial charge on any atom is -0.458 e. The number of aliphatic hydroxyl groups is 1. The van der Waals surface area contributed by atoms with Gasteiger partial charge in [0.05, 0.1) is 5.75 Å². The van der Waals surface area contributed by atoms with Crippen molar-refractivity contribution in [1.29, 1.82) is 0 Å². The second-order valence-corrected chi connectivity index (χ2v) is 14.5. The van der Waals surface area contributed by atoms with E-state index in [4.69, 9.17) is 13.9 Å². The molecule has 3 rings (SSSR count). The fraction of sp³-hybridized carbons (Fsp3) is 0.438. The summed E-state index contributed by atoms with van der Waals surface area (Å²) in [5, 5.41) is 13.7. The van der Waals surface area contributed by atoms with E-state index in [1.54, 1.807) is 65.8 Å². The number of carbonyl (C=O) groups excluding carboxylic acids is 2. The molecule has 0 aliphatic rings. The molecule has 0 bridgehead atoms. The molecular formula is C32H37F3N2O9S. The van der Waals surface area contributed by atoms with Crippen molar-refractivity contribution >= 4 is 39.3 Å². The van der Waals surface area contributed by atoms with Gasteiger partial charge in [-0.25, -0.2) is 22.8 Å². The first-order chi connectivity index (χ1) is 21.5. The summed E-state index contributed by atoms with van der Waals surface area (Å²) in [5.74, 6) is -2.13. The first kappa shape index (κ1) is 37.2. The summed E-state index contributed by atoms with van der Waals surface area (Å²) in [6.07, 6.45) is -7.27. The van der Waals surface area contributed by atoms with Gasteiger partial charge in [0, 0.05) is 30.5 Å². The lowest BCUT2D eigenvalue weighted by Crippen LogP contribution is -2.46. The van der Waals surface area contributed by atoms with Crippen molar-refractivity contribution in [1.82, 2.24) is 5.32 Å². The second-order valence-electron chi connectivity index (χ2n) is 12.7. The predicted octanol–water partition coefficient (Wildman–Crippen LogP) is 5.63. The molecule has 1 unspecified atom stereocenters. The van der Waals surface area contributed by atoms with Crippen LogP contribution < -0.4 is 10.9 Å². The average molecular weight is 683 g/mol. The van der Waals surface area contributed by atoms with E-state index in [2.05, 4.69) is 9.71 Å². The molecule has 0 fully saturated rings. The summed E-state index contributed by atoms with van der Waals surface area (Å²) in [4.78, 5) is 36.5. The zero-order chi connectivity index (χ0) is 35.4. The van der Waals surface area contributed by atoms with Gasteiger partial charge in [-0.2, -0.15) is 17.6 Å². The van der Waals surface area contributed by atoms with Gasteiger partial charge in [-0.3, -0.25) is 0 Å². The Bertz CT molecular complexity index is 1790. The molecule has 0 spiro atoms. The van der Waals surface area contributed by atoms with Crippen LogP contribution >= 0.6 is 0 Å². The molecule has 0 aliphatic carbocycles. The SMILES string of the molecule is CC(C)(C)OC(=O)N[C@@H](CC=NS(=O)(=O)CCC(O)(c1ccc(-c2ccc3ccc(=O)oc3c2)cc1)C(F)(F)F)C(=O)OC(C)(C)C. The molecule has 0 saturated heterocycles. The highest BCUT2D eigenvalue weighted by Crippen LogP contribution is 2.42. The van der Waals surface area contributed by atoms with Gasteiger partial charge in [-0.05, 0) is 70.4 Å². The van der Waals surface area contributed by atoms with E-state index < -0.39 is 80.9 Å². The Morgan fingerprint density at radius 3 is 2.09 bits per heavy atom. The van der Waals surface area contributed by atoms with E-state index in [0.717, 1.165) is 18.3 Å². The van der Waals surface area contributed by atoms with Crippen molar-refractivity contribution in [2.45, 2.75) is 83.4 Å². The topological polar surface area (TPSA) is 162 Å². The number of halogens is 3. The monoisotopic (exact) mass is 682 g/mol. The first-order valence-corrected chi connectivity index (χ1v) is 16.0. The van der Waals surface area contributed by atoms with Gasteiger partial charge in [0.15, 0.2) is 5.60 Å². The van der Waals surface area contributed by atoms with Crippen LogP contribution in [-0.4, -0.2) is 61.0 Å². The molecule has 2 N–H and O–H groups in total. The third-order valence-corrected chi connectivity index (χ3v) is 7.66. The van der Waals surface area contributed by atoms with Crippen LogP contribution in [0.2, 0.25) is 0 Å². The van der Waals surface area contributed by atoms with Crippen molar-refractivity contribution in [2.75, 3.05) is 5.75 Å². The molecule has 256 valence electrons. The molecule has 0 saturated carbocycles. The third-order valence-electron chi connectivity index (χ3n) is 6.47. The van der Waals surface area contributed by atoms with Crippen molar-refractivity contribution in [3.63, 3.8) is 0 Å². The minimum atomic E-state index is -5.26. The highest BCUT2D eigenvalue weighted by Gasteiger charge is 2.55. The van der Waals surface area contributed by atoms with E-state index in [1.165, 1.54) is 18.2 Å². The molecule has 1 heterocycles. The number of nitrogens with one attached hydrogen (secondary N) is 1. The number of ether oxygens (including phenoxy) is 2. The molecule has 2 aromatic carbocycles. The summed E-state index contributed by atoms with van der Waals surface area (Å²) >= 11 is 0. The number of fused-ring (bicyclic) bond motifs is 1. The zero-order valence-corrected chi connectivity index (χ0v) is 27.5. The summed E-state index contributed by atoms with van der Waals surface area (Å²) in [6, 6.07) is 11.0. The molecule has 47 heavy (non-hydrogen) atoms. The fourth-order valence-electron chi connectivity index (χ4n) is 4.26. The summed E-state index contributed by atoms with van der Waals surface area (Å²) in [6.45, 7) is 9.50. The Morgan fingerprint density at radius 1 is 0.936 bits per heavy atom. The van der Waals surface area contributed by atoms with E-state index in [0.29, 0.717) is 16.5 Å². The maximum Gasteiger partial charge on any atom is 0.421 e. The number of alkyl halides is 3. The number of hydrogen-bond donors (Lipinski definition) is 2. The minimum absolute atomic E-state index is 0.273. The van der Waals surface area contributed by atoms with Gasteiger partial charge in [-0.1, -0.05) is 36.4 Å². The first-order valence-electron chi connectivity index (χ1n) is 14.4. The summed E-state index contributed by atoms with van der Waals surface area (Å²) < 4.78 is 86.8. The lowest BCUT2D eigenvalue weighted by atomic mass is 9.89. The number of sulfonamides is 1. The molecule has 1 aromatic heterocycles. The standard InChI is InChI=1S/C32H37F3N2O9S/c1-29(2,3)45-27(39)24(37-28(40)46-30(4,5)6)15-17-36-47(42,43)18-16-31(41,32(33,34)35)23-12-9-20(10-13-23)22-8-7-21-11-14-26(38)44-25(21)19-22/h7-14,17,19,24,41H,15-16,18H2,1-6H3,(H,37,40)/t24-,31?/m0/s1. The van der Waals surface area contributed by atoms with Crippen LogP contribution in [0.4, 0.5) is 18.0 Å². The lowest BCUT2D eigenvalue weighted by molar-refractivity contribution is -0.267. The van der Waals surface area contributed by atoms with Crippen LogP contribution in [-0.2, 0) is 29.9 Å². The number of amides is 1. The molecule has 0 radical (unpaired) electrons. The number of rotatable bonds is 10. The van der Waals surface area contributed by atoms with E-state index >= 15 is 0 Å². The van der Waals surface area contributed by atoms with Gasteiger partial charge >= 0.3 is 23.9 Å². The zero-order valence-electron chi connectivity index (χ0n) is 26.7. The van der Waals surface area contributed by atoms with Crippen LogP contribution in [0.3, 0.4) is 0 Å². The Hall–Kier alpha value is -4.24. The molecule has 0 aliphatic heterocycles. The molecule has 2 atom stereocenters. The van der Waals surface area contributed by atoms with Crippen molar-refractivity contribution in [3.8, 4) is 11.1 Å².